The Kier molecular flexibility index (Phi) is 2.68. The van der Waals surface area contributed by atoms with Crippen molar-refractivity contribution in [1.29, 1.82) is 0 Å². The molecular weight excluding hydrogens is 358 g/mol. The lowest BCUT2D eigenvalue weighted by Crippen LogP contribution is -1.82. The normalized spacial score (nSPS) is 12.6. The Bertz CT molecular complexity index is 1560. The van der Waals surface area contributed by atoms with Crippen molar-refractivity contribution in [3.63, 3.8) is 0 Å². The maximum Gasteiger partial charge on any atom is 0.0806 e. The van der Waals surface area contributed by atoms with E-state index in [4.69, 9.17) is 4.98 Å². The van der Waals surface area contributed by atoms with Crippen LogP contribution in [0.1, 0.15) is 0 Å². The number of aromatic nitrogens is 1. The first-order valence-corrected chi connectivity index (χ1v) is 10.8. The van der Waals surface area contributed by atoms with Gasteiger partial charge in [0.15, 0.2) is 0 Å². The van der Waals surface area contributed by atoms with Crippen LogP contribution in [-0.2, 0) is 0 Å². The first kappa shape index (κ1) is 14.9. The van der Waals surface area contributed by atoms with Crippen molar-refractivity contribution in [2.75, 3.05) is 6.26 Å². The molecule has 0 bridgehead atoms. The third-order valence-corrected chi connectivity index (χ3v) is 7.03. The van der Waals surface area contributed by atoms with Gasteiger partial charge in [0.25, 0.3) is 0 Å². The smallest absolute Gasteiger partial charge is 0.0806 e. The van der Waals surface area contributed by atoms with Gasteiger partial charge >= 0.3 is 0 Å². The number of nitrogens with zero attached hydrogens (tertiary/aromatic N) is 1. The number of benzene rings is 4. The number of hydrogen-bond donors (Lipinski definition) is 0. The fraction of sp³-hybridized carbons (Fsp3) is 0.0385. The van der Waals surface area contributed by atoms with Gasteiger partial charge < -0.3 is 0 Å². The summed E-state index contributed by atoms with van der Waals surface area (Å²) in [5.74, 6) is 0. The van der Waals surface area contributed by atoms with Crippen molar-refractivity contribution in [2.24, 2.45) is 0 Å². The van der Waals surface area contributed by atoms with Crippen LogP contribution in [-0.4, -0.2) is 11.2 Å². The van der Waals surface area contributed by atoms with E-state index in [-0.39, 0.29) is 0 Å². The third-order valence-electron chi connectivity index (χ3n) is 6.21. The van der Waals surface area contributed by atoms with Crippen LogP contribution in [0.25, 0.3) is 64.9 Å². The first-order valence-electron chi connectivity index (χ1n) is 9.54. The summed E-state index contributed by atoms with van der Waals surface area (Å²) in [6.07, 6.45) is 2.20. The van der Waals surface area contributed by atoms with Crippen LogP contribution in [0.15, 0.2) is 77.7 Å². The van der Waals surface area contributed by atoms with Crippen molar-refractivity contribution in [3.8, 4) is 0 Å². The Morgan fingerprint density at radius 3 is 1.39 bits per heavy atom. The molecule has 1 nitrogen and oxygen atoms in total. The fourth-order valence-corrected chi connectivity index (χ4v) is 5.97. The van der Waals surface area contributed by atoms with Crippen LogP contribution in [0.3, 0.4) is 0 Å². The Hall–Kier alpha value is -3.10. The quantitative estimate of drug-likeness (QED) is 0.275. The summed E-state index contributed by atoms with van der Waals surface area (Å²) in [5, 5.41) is 13.1. The van der Waals surface area contributed by atoms with E-state index in [0.717, 1.165) is 11.0 Å². The average molecular weight is 373 g/mol. The van der Waals surface area contributed by atoms with Gasteiger partial charge in [-0.3, -0.25) is 0 Å². The maximum absolute atomic E-state index is 5.31. The van der Waals surface area contributed by atoms with E-state index in [9.17, 15) is 0 Å². The zero-order valence-electron chi connectivity index (χ0n) is 15.3. The monoisotopic (exact) mass is 373 g/mol. The van der Waals surface area contributed by atoms with Crippen LogP contribution < -0.4 is 0 Å². The van der Waals surface area contributed by atoms with E-state index >= 15 is 0 Å². The minimum atomic E-state index is 1.14. The summed E-state index contributed by atoms with van der Waals surface area (Å²) < 4.78 is 0. The van der Waals surface area contributed by atoms with Crippen LogP contribution >= 0.6 is 11.8 Å². The number of fused-ring (bicyclic) bond motifs is 6. The Labute approximate surface area is 165 Å². The molecule has 7 rings (SSSR count). The van der Waals surface area contributed by atoms with E-state index < -0.39 is 0 Å². The summed E-state index contributed by atoms with van der Waals surface area (Å²) in [5.41, 5.74) is 2.28. The first-order chi connectivity index (χ1) is 13.9. The van der Waals surface area contributed by atoms with Gasteiger partial charge in [0.2, 0.25) is 0 Å². The van der Waals surface area contributed by atoms with Crippen molar-refractivity contribution < 1.29 is 0 Å². The summed E-state index contributed by atoms with van der Waals surface area (Å²) in [7, 11) is 0. The fourth-order valence-electron chi connectivity index (χ4n) is 5.15. The van der Waals surface area contributed by atoms with Crippen LogP contribution in [0.4, 0.5) is 0 Å². The van der Waals surface area contributed by atoms with Crippen molar-refractivity contribution >= 4 is 76.7 Å². The Morgan fingerprint density at radius 2 is 0.964 bits per heavy atom. The number of thioether (sulfide) groups is 1. The second-order valence-electron chi connectivity index (χ2n) is 7.51. The molecule has 0 atom stereocenters. The molecular formula is C26H15NS. The molecule has 130 valence electrons. The van der Waals surface area contributed by atoms with Crippen molar-refractivity contribution in [3.05, 3.63) is 72.8 Å². The highest BCUT2D eigenvalue weighted by Gasteiger charge is 2.22. The molecule has 0 aliphatic carbocycles. The van der Waals surface area contributed by atoms with Crippen molar-refractivity contribution in [1.82, 2.24) is 4.98 Å². The highest BCUT2D eigenvalue weighted by Crippen LogP contribution is 2.48. The van der Waals surface area contributed by atoms with Crippen LogP contribution in [0.2, 0.25) is 0 Å². The van der Waals surface area contributed by atoms with E-state index in [1.54, 1.807) is 0 Å². The van der Waals surface area contributed by atoms with Gasteiger partial charge in [-0.2, -0.15) is 0 Å². The van der Waals surface area contributed by atoms with E-state index in [1.807, 2.05) is 11.8 Å². The van der Waals surface area contributed by atoms with Gasteiger partial charge in [0, 0.05) is 26.4 Å². The molecule has 0 radical (unpaired) electrons. The molecule has 6 aromatic carbocycles. The molecule has 2 heteroatoms. The summed E-state index contributed by atoms with van der Waals surface area (Å²) in [6.45, 7) is 0. The highest BCUT2D eigenvalue weighted by atomic mass is 32.2. The number of pyridine rings is 1. The molecule has 1 heterocycles. The van der Waals surface area contributed by atoms with Crippen LogP contribution in [0.5, 0.6) is 0 Å². The molecule has 0 fully saturated rings. The summed E-state index contributed by atoms with van der Waals surface area (Å²) in [4.78, 5) is 6.66. The zero-order chi connectivity index (χ0) is 18.4. The van der Waals surface area contributed by atoms with Crippen LogP contribution in [0, 0.1) is 0 Å². The number of rotatable bonds is 1. The van der Waals surface area contributed by atoms with Gasteiger partial charge in [0.1, 0.15) is 0 Å². The molecule has 28 heavy (non-hydrogen) atoms. The van der Waals surface area contributed by atoms with Gasteiger partial charge in [-0.05, 0) is 38.6 Å². The molecule has 0 aliphatic rings. The maximum atomic E-state index is 5.31. The topological polar surface area (TPSA) is 12.9 Å². The minimum Gasteiger partial charge on any atom is -0.246 e. The Balaban J connectivity index is 1.89. The zero-order valence-corrected chi connectivity index (χ0v) is 16.1. The molecule has 0 N–H and O–H groups in total. The molecule has 0 amide bonds. The molecule has 0 aliphatic heterocycles. The SMILES string of the molecule is CSc1c2c3cccc4cccc(c2nc2c5cccc6cccc(c12)c65)c43. The molecule has 0 saturated carbocycles. The second-order valence-corrected chi connectivity index (χ2v) is 8.33. The molecule has 0 unspecified atom stereocenters. The van der Waals surface area contributed by atoms with E-state index in [2.05, 4.69) is 79.1 Å². The summed E-state index contributed by atoms with van der Waals surface area (Å²) in [6, 6.07) is 26.4. The largest absolute Gasteiger partial charge is 0.246 e. The van der Waals surface area contributed by atoms with Gasteiger partial charge in [-0.1, -0.05) is 72.8 Å². The predicted octanol–water partition coefficient (Wildman–Crippen LogP) is 7.60. The molecule has 1 aromatic heterocycles. The predicted molar refractivity (Wildman–Crippen MR) is 123 cm³/mol. The third kappa shape index (κ3) is 1.60. The van der Waals surface area contributed by atoms with Gasteiger partial charge in [-0.15, -0.1) is 11.8 Å². The van der Waals surface area contributed by atoms with E-state index in [1.165, 1.54) is 58.8 Å². The Morgan fingerprint density at radius 1 is 0.536 bits per heavy atom. The molecule has 0 spiro atoms. The molecule has 7 aromatic rings. The van der Waals surface area contributed by atoms with E-state index in [0.29, 0.717) is 0 Å². The lowest BCUT2D eigenvalue weighted by Gasteiger charge is -2.05. The summed E-state index contributed by atoms with van der Waals surface area (Å²) >= 11 is 1.85. The highest BCUT2D eigenvalue weighted by molar-refractivity contribution is 7.99. The minimum absolute atomic E-state index is 1.14. The molecule has 0 saturated heterocycles. The number of hydrogen-bond acceptors (Lipinski definition) is 2. The second kappa shape index (κ2) is 5.03. The van der Waals surface area contributed by atoms with Gasteiger partial charge in [0.05, 0.1) is 11.0 Å². The standard InChI is InChI=1S/C26H15NS/c1-28-26-22-16-10-2-6-14-8-4-12-18(20(14)16)24(22)27-25-19-13-5-9-15-7-3-11-17(21(15)19)23(25)26/h2-13H,1H3. The lowest BCUT2D eigenvalue weighted by molar-refractivity contribution is 1.52. The van der Waals surface area contributed by atoms with Gasteiger partial charge in [-0.25, -0.2) is 4.98 Å². The lowest BCUT2D eigenvalue weighted by atomic mass is 10.1. The van der Waals surface area contributed by atoms with Crippen molar-refractivity contribution in [2.45, 2.75) is 4.90 Å². The average Bonchev–Trinajstić information content (AvgIpc) is 3.24.